The van der Waals surface area contributed by atoms with E-state index in [2.05, 4.69) is 16.8 Å². The summed E-state index contributed by atoms with van der Waals surface area (Å²) < 4.78 is 0. The number of likely N-dealkylation sites (tertiary alicyclic amines) is 1. The van der Waals surface area contributed by atoms with Gasteiger partial charge in [-0.05, 0) is 58.8 Å². The van der Waals surface area contributed by atoms with E-state index in [0.717, 1.165) is 38.8 Å². The van der Waals surface area contributed by atoms with Gasteiger partial charge in [-0.25, -0.2) is 0 Å². The van der Waals surface area contributed by atoms with Gasteiger partial charge in [0.25, 0.3) is 0 Å². The van der Waals surface area contributed by atoms with E-state index >= 15 is 0 Å². The van der Waals surface area contributed by atoms with Gasteiger partial charge in [0.15, 0.2) is 0 Å². The molecular weight excluding hydrogens is 204 g/mol. The highest BCUT2D eigenvalue weighted by Crippen LogP contribution is 2.36. The lowest BCUT2D eigenvalue weighted by molar-refractivity contribution is -0.145. The van der Waals surface area contributed by atoms with Crippen molar-refractivity contribution in [3.05, 3.63) is 0 Å². The van der Waals surface area contributed by atoms with Crippen molar-refractivity contribution in [2.24, 2.45) is 5.92 Å². The summed E-state index contributed by atoms with van der Waals surface area (Å²) in [5, 5.41) is 9.28. The van der Waals surface area contributed by atoms with Gasteiger partial charge in [-0.2, -0.15) is 0 Å². The molecule has 1 N–H and O–H groups in total. The summed E-state index contributed by atoms with van der Waals surface area (Å²) in [7, 11) is 4.12. The summed E-state index contributed by atoms with van der Waals surface area (Å²) in [5.74, 6) is -0.230. The van der Waals surface area contributed by atoms with E-state index in [9.17, 15) is 9.90 Å². The monoisotopic (exact) mass is 226 g/mol. The number of piperidine rings is 1. The minimum Gasteiger partial charge on any atom is -0.480 e. The highest BCUT2D eigenvalue weighted by molar-refractivity contribution is 5.74. The zero-order valence-corrected chi connectivity index (χ0v) is 10.2. The lowest BCUT2D eigenvalue weighted by Crippen LogP contribution is -2.50. The third kappa shape index (κ3) is 2.55. The van der Waals surface area contributed by atoms with Crippen molar-refractivity contribution in [3.8, 4) is 0 Å². The van der Waals surface area contributed by atoms with E-state index in [-0.39, 0.29) is 6.04 Å². The van der Waals surface area contributed by atoms with E-state index in [1.165, 1.54) is 0 Å². The van der Waals surface area contributed by atoms with Crippen molar-refractivity contribution >= 4 is 5.97 Å². The van der Waals surface area contributed by atoms with Gasteiger partial charge in [0.2, 0.25) is 0 Å². The first-order valence-corrected chi connectivity index (χ1v) is 6.23. The number of rotatable bonds is 4. The Bertz CT molecular complexity index is 258. The second-order valence-corrected chi connectivity index (χ2v) is 5.32. The van der Waals surface area contributed by atoms with Gasteiger partial charge < -0.3 is 10.0 Å². The molecule has 1 saturated heterocycles. The van der Waals surface area contributed by atoms with Crippen molar-refractivity contribution in [1.29, 1.82) is 0 Å². The number of hydrogen-bond acceptors (Lipinski definition) is 3. The molecule has 0 spiro atoms. The Balaban J connectivity index is 1.94. The van der Waals surface area contributed by atoms with Crippen LogP contribution in [0.15, 0.2) is 0 Å². The van der Waals surface area contributed by atoms with Crippen LogP contribution in [0.3, 0.4) is 0 Å². The molecule has 1 unspecified atom stereocenters. The largest absolute Gasteiger partial charge is 0.480 e. The molecule has 4 nitrogen and oxygen atoms in total. The van der Waals surface area contributed by atoms with Crippen LogP contribution >= 0.6 is 0 Å². The van der Waals surface area contributed by atoms with E-state index in [0.29, 0.717) is 12.0 Å². The summed E-state index contributed by atoms with van der Waals surface area (Å²) in [6, 6.07) is 0.214. The molecule has 4 heteroatoms. The van der Waals surface area contributed by atoms with Crippen molar-refractivity contribution in [2.75, 3.05) is 27.2 Å². The molecule has 0 radical (unpaired) electrons. The van der Waals surface area contributed by atoms with Crippen LogP contribution in [0, 0.1) is 5.92 Å². The zero-order chi connectivity index (χ0) is 11.7. The summed E-state index contributed by atoms with van der Waals surface area (Å²) in [5.41, 5.74) is 0. The van der Waals surface area contributed by atoms with Crippen LogP contribution in [-0.4, -0.2) is 60.1 Å². The lowest BCUT2D eigenvalue weighted by atomic mass is 10.0. The average Bonchev–Trinajstić information content (AvgIpc) is 3.02. The summed E-state index contributed by atoms with van der Waals surface area (Å²) in [4.78, 5) is 15.7. The van der Waals surface area contributed by atoms with Crippen LogP contribution in [-0.2, 0) is 4.79 Å². The number of carbonyl (C=O) groups is 1. The molecule has 1 aliphatic heterocycles. The number of hydrogen-bond donors (Lipinski definition) is 1. The predicted molar refractivity (Wildman–Crippen MR) is 62.4 cm³/mol. The third-order valence-corrected chi connectivity index (χ3v) is 4.02. The van der Waals surface area contributed by atoms with E-state index in [1.807, 2.05) is 7.05 Å². The molecule has 0 aromatic heterocycles. The van der Waals surface area contributed by atoms with Gasteiger partial charge in [-0.3, -0.25) is 9.69 Å². The molecule has 1 saturated carbocycles. The SMILES string of the molecule is CN1CCC(N(C)C(C(=O)O)C2CC2)CC1. The molecule has 0 bridgehead atoms. The molecule has 16 heavy (non-hydrogen) atoms. The molecule has 2 aliphatic rings. The maximum atomic E-state index is 11.3. The molecule has 92 valence electrons. The van der Waals surface area contributed by atoms with Crippen LogP contribution in [0.25, 0.3) is 0 Å². The normalized spacial score (nSPS) is 25.9. The van der Waals surface area contributed by atoms with Crippen LogP contribution in [0.4, 0.5) is 0 Å². The molecule has 0 aromatic rings. The first-order chi connectivity index (χ1) is 7.59. The zero-order valence-electron chi connectivity index (χ0n) is 10.2. The first-order valence-electron chi connectivity index (χ1n) is 6.23. The van der Waals surface area contributed by atoms with Crippen molar-refractivity contribution < 1.29 is 9.90 Å². The van der Waals surface area contributed by atoms with E-state index in [1.54, 1.807) is 0 Å². The highest BCUT2D eigenvalue weighted by atomic mass is 16.4. The minimum absolute atomic E-state index is 0.242. The van der Waals surface area contributed by atoms with Crippen LogP contribution in [0.5, 0.6) is 0 Å². The van der Waals surface area contributed by atoms with Gasteiger partial charge in [0, 0.05) is 6.04 Å². The van der Waals surface area contributed by atoms with Crippen LogP contribution in [0.1, 0.15) is 25.7 Å². The maximum absolute atomic E-state index is 11.3. The first kappa shape index (κ1) is 11.9. The molecule has 2 fully saturated rings. The van der Waals surface area contributed by atoms with E-state index < -0.39 is 5.97 Å². The lowest BCUT2D eigenvalue weighted by Gasteiger charge is -2.38. The Labute approximate surface area is 97.2 Å². The van der Waals surface area contributed by atoms with Crippen molar-refractivity contribution in [1.82, 2.24) is 9.80 Å². The Hall–Kier alpha value is -0.610. The molecule has 2 rings (SSSR count). The molecule has 1 heterocycles. The molecular formula is C12H22N2O2. The van der Waals surface area contributed by atoms with Crippen LogP contribution < -0.4 is 0 Å². The topological polar surface area (TPSA) is 43.8 Å². The summed E-state index contributed by atoms with van der Waals surface area (Å²) in [6.45, 7) is 2.18. The summed E-state index contributed by atoms with van der Waals surface area (Å²) >= 11 is 0. The Morgan fingerprint density at radius 2 is 1.88 bits per heavy atom. The Kier molecular flexibility index (Phi) is 3.50. The second-order valence-electron chi connectivity index (χ2n) is 5.32. The van der Waals surface area contributed by atoms with Gasteiger partial charge in [0.1, 0.15) is 6.04 Å². The smallest absolute Gasteiger partial charge is 0.321 e. The molecule has 0 aromatic carbocycles. The Morgan fingerprint density at radius 1 is 1.31 bits per heavy atom. The molecule has 1 aliphatic carbocycles. The van der Waals surface area contributed by atoms with Gasteiger partial charge in [-0.1, -0.05) is 0 Å². The van der Waals surface area contributed by atoms with Gasteiger partial charge in [-0.15, -0.1) is 0 Å². The number of carboxylic acids is 1. The fraction of sp³-hybridized carbons (Fsp3) is 0.917. The van der Waals surface area contributed by atoms with Gasteiger partial charge >= 0.3 is 5.97 Å². The number of carboxylic acid groups (broad SMARTS) is 1. The quantitative estimate of drug-likeness (QED) is 0.772. The fourth-order valence-electron chi connectivity index (χ4n) is 2.75. The summed E-state index contributed by atoms with van der Waals surface area (Å²) in [6.07, 6.45) is 4.38. The third-order valence-electron chi connectivity index (χ3n) is 4.02. The minimum atomic E-state index is -0.635. The fourth-order valence-corrected chi connectivity index (χ4v) is 2.75. The predicted octanol–water partition coefficient (Wildman–Crippen LogP) is 0.876. The van der Waals surface area contributed by atoms with Crippen molar-refractivity contribution in [3.63, 3.8) is 0 Å². The standard InChI is InChI=1S/C12H22N2O2/c1-13-7-5-10(6-8-13)14(2)11(12(15)16)9-3-4-9/h9-11H,3-8H2,1-2H3,(H,15,16). The van der Waals surface area contributed by atoms with Crippen LogP contribution in [0.2, 0.25) is 0 Å². The second kappa shape index (κ2) is 4.72. The highest BCUT2D eigenvalue weighted by Gasteiger charge is 2.41. The van der Waals surface area contributed by atoms with Crippen molar-refractivity contribution in [2.45, 2.75) is 37.8 Å². The molecule has 1 atom stereocenters. The Morgan fingerprint density at radius 3 is 2.31 bits per heavy atom. The number of nitrogens with zero attached hydrogens (tertiary/aromatic N) is 2. The molecule has 0 amide bonds. The van der Waals surface area contributed by atoms with E-state index in [4.69, 9.17) is 0 Å². The average molecular weight is 226 g/mol. The number of likely N-dealkylation sites (N-methyl/N-ethyl adjacent to an activating group) is 1. The van der Waals surface area contributed by atoms with Gasteiger partial charge in [0.05, 0.1) is 0 Å². The number of aliphatic carboxylic acids is 1. The maximum Gasteiger partial charge on any atom is 0.321 e.